The van der Waals surface area contributed by atoms with Gasteiger partial charge < -0.3 is 10.6 Å². The van der Waals surface area contributed by atoms with Crippen molar-refractivity contribution in [2.75, 3.05) is 11.9 Å². The molecule has 4 heteroatoms. The summed E-state index contributed by atoms with van der Waals surface area (Å²) in [5.74, 6) is 0.931. The Morgan fingerprint density at radius 2 is 2.26 bits per heavy atom. The molecule has 2 heterocycles. The smallest absolute Gasteiger partial charge is 0.253 e. The van der Waals surface area contributed by atoms with Gasteiger partial charge in [-0.3, -0.25) is 4.79 Å². The lowest BCUT2D eigenvalue weighted by Crippen LogP contribution is -2.31. The van der Waals surface area contributed by atoms with Crippen LogP contribution in [0.25, 0.3) is 0 Å². The number of nitrogens with one attached hydrogen (secondary N) is 2. The summed E-state index contributed by atoms with van der Waals surface area (Å²) in [6.45, 7) is 2.59. The molecule has 23 heavy (non-hydrogen) atoms. The average molecular weight is 324 g/mol. The van der Waals surface area contributed by atoms with Crippen LogP contribution in [0.1, 0.15) is 46.1 Å². The summed E-state index contributed by atoms with van der Waals surface area (Å²) in [6, 6.07) is 10.6. The fourth-order valence-corrected chi connectivity index (χ4v) is 4.67. The van der Waals surface area contributed by atoms with E-state index in [0.717, 1.165) is 17.7 Å². The van der Waals surface area contributed by atoms with E-state index in [-0.39, 0.29) is 11.9 Å². The first kappa shape index (κ1) is 14.5. The highest BCUT2D eigenvalue weighted by molar-refractivity contribution is 7.10. The van der Waals surface area contributed by atoms with Gasteiger partial charge in [0.2, 0.25) is 0 Å². The Hall–Kier alpha value is -2.07. The molecule has 118 valence electrons. The number of carbonyl (C=O) groups is 1. The predicted octanol–water partition coefficient (Wildman–Crippen LogP) is 4.32. The molecule has 2 N–H and O–H groups in total. The van der Waals surface area contributed by atoms with Gasteiger partial charge >= 0.3 is 0 Å². The number of amides is 1. The molecule has 0 bridgehead atoms. The van der Waals surface area contributed by atoms with E-state index in [1.807, 2.05) is 19.1 Å². The van der Waals surface area contributed by atoms with Gasteiger partial charge in [0.15, 0.2) is 0 Å². The van der Waals surface area contributed by atoms with Crippen molar-refractivity contribution in [2.24, 2.45) is 5.92 Å². The Morgan fingerprint density at radius 3 is 3.04 bits per heavy atom. The van der Waals surface area contributed by atoms with Gasteiger partial charge in [-0.1, -0.05) is 30.4 Å². The van der Waals surface area contributed by atoms with Crippen LogP contribution in [0, 0.1) is 5.92 Å². The Bertz CT molecular complexity index is 751. The second-order valence-corrected chi connectivity index (χ2v) is 7.10. The minimum atomic E-state index is 0.00204. The number of carbonyl (C=O) groups excluding carboxylic acids is 1. The molecular weight excluding hydrogens is 304 g/mol. The van der Waals surface area contributed by atoms with E-state index in [9.17, 15) is 4.79 Å². The van der Waals surface area contributed by atoms with Crippen LogP contribution in [0.5, 0.6) is 0 Å². The number of thiophene rings is 1. The van der Waals surface area contributed by atoms with E-state index < -0.39 is 0 Å². The van der Waals surface area contributed by atoms with E-state index in [4.69, 9.17) is 0 Å². The fraction of sp³-hybridized carbons (Fsp3) is 0.316. The van der Waals surface area contributed by atoms with E-state index in [0.29, 0.717) is 18.4 Å². The molecule has 2 aromatic rings. The molecule has 1 aliphatic heterocycles. The maximum absolute atomic E-state index is 12.4. The molecule has 0 saturated heterocycles. The van der Waals surface area contributed by atoms with Crippen LogP contribution in [0.2, 0.25) is 0 Å². The van der Waals surface area contributed by atoms with E-state index in [1.165, 1.54) is 10.4 Å². The lowest BCUT2D eigenvalue weighted by molar-refractivity contribution is 0.0956. The zero-order chi connectivity index (χ0) is 15.8. The fourth-order valence-electron chi connectivity index (χ4n) is 3.82. The Balaban J connectivity index is 1.80. The molecule has 0 radical (unpaired) electrons. The average Bonchev–Trinajstić information content (AvgIpc) is 3.25. The third-order valence-electron chi connectivity index (χ3n) is 4.83. The topological polar surface area (TPSA) is 41.1 Å². The number of para-hydroxylation sites is 1. The van der Waals surface area contributed by atoms with Crippen LogP contribution in [-0.2, 0) is 0 Å². The molecule has 1 aliphatic carbocycles. The summed E-state index contributed by atoms with van der Waals surface area (Å²) >= 11 is 1.79. The first-order valence-electron chi connectivity index (χ1n) is 8.17. The Kier molecular flexibility index (Phi) is 3.69. The monoisotopic (exact) mass is 324 g/mol. The van der Waals surface area contributed by atoms with Crippen molar-refractivity contribution in [2.45, 2.75) is 25.3 Å². The van der Waals surface area contributed by atoms with Crippen molar-refractivity contribution in [1.82, 2.24) is 5.32 Å². The van der Waals surface area contributed by atoms with Gasteiger partial charge in [0.25, 0.3) is 5.91 Å². The van der Waals surface area contributed by atoms with Gasteiger partial charge in [-0.2, -0.15) is 0 Å². The molecule has 3 nitrogen and oxygen atoms in total. The first-order valence-corrected chi connectivity index (χ1v) is 9.05. The van der Waals surface area contributed by atoms with Crippen LogP contribution in [0.4, 0.5) is 5.69 Å². The highest BCUT2D eigenvalue weighted by Gasteiger charge is 2.39. The van der Waals surface area contributed by atoms with E-state index in [1.54, 1.807) is 11.3 Å². The molecule has 1 aromatic carbocycles. The second kappa shape index (κ2) is 5.85. The summed E-state index contributed by atoms with van der Waals surface area (Å²) in [4.78, 5) is 13.8. The van der Waals surface area contributed by atoms with Crippen molar-refractivity contribution in [3.63, 3.8) is 0 Å². The molecule has 1 amide bonds. The first-order chi connectivity index (χ1) is 11.3. The highest BCUT2D eigenvalue weighted by Crippen LogP contribution is 2.51. The SMILES string of the molecule is CCNC(=O)c1cccc2c1NC(c1cccs1)C1CC=CC21. The summed E-state index contributed by atoms with van der Waals surface area (Å²) < 4.78 is 0. The second-order valence-electron chi connectivity index (χ2n) is 6.12. The summed E-state index contributed by atoms with van der Waals surface area (Å²) in [6.07, 6.45) is 5.68. The molecule has 0 fully saturated rings. The number of allylic oxidation sites excluding steroid dienone is 2. The van der Waals surface area contributed by atoms with Crippen molar-refractivity contribution in [1.29, 1.82) is 0 Å². The number of rotatable bonds is 3. The van der Waals surface area contributed by atoms with Crippen LogP contribution in [-0.4, -0.2) is 12.5 Å². The maximum atomic E-state index is 12.4. The van der Waals surface area contributed by atoms with Gasteiger partial charge in [0.05, 0.1) is 17.3 Å². The van der Waals surface area contributed by atoms with E-state index >= 15 is 0 Å². The highest BCUT2D eigenvalue weighted by atomic mass is 32.1. The molecule has 3 atom stereocenters. The molecule has 4 rings (SSSR count). The predicted molar refractivity (Wildman–Crippen MR) is 95.1 cm³/mol. The lowest BCUT2D eigenvalue weighted by Gasteiger charge is -2.37. The van der Waals surface area contributed by atoms with Crippen LogP contribution < -0.4 is 10.6 Å². The number of anilines is 1. The molecule has 2 aliphatic rings. The van der Waals surface area contributed by atoms with Gasteiger partial charge in [-0.05, 0) is 42.3 Å². The third kappa shape index (κ3) is 2.38. The molecule has 3 unspecified atom stereocenters. The minimum Gasteiger partial charge on any atom is -0.376 e. The summed E-state index contributed by atoms with van der Waals surface area (Å²) in [5, 5.41) is 8.74. The normalized spacial score (nSPS) is 24.7. The zero-order valence-electron chi connectivity index (χ0n) is 13.1. The number of fused-ring (bicyclic) bond motifs is 3. The number of hydrogen-bond acceptors (Lipinski definition) is 3. The van der Waals surface area contributed by atoms with Crippen molar-refractivity contribution in [3.8, 4) is 0 Å². The molecule has 1 aromatic heterocycles. The van der Waals surface area contributed by atoms with Crippen molar-refractivity contribution in [3.05, 3.63) is 63.9 Å². The molecule has 0 saturated carbocycles. The Morgan fingerprint density at radius 1 is 1.35 bits per heavy atom. The van der Waals surface area contributed by atoms with Crippen LogP contribution in [0.15, 0.2) is 47.9 Å². The van der Waals surface area contributed by atoms with Gasteiger partial charge in [0, 0.05) is 17.3 Å². The number of benzene rings is 1. The van der Waals surface area contributed by atoms with Gasteiger partial charge in [0.1, 0.15) is 0 Å². The van der Waals surface area contributed by atoms with Gasteiger partial charge in [-0.25, -0.2) is 0 Å². The quantitative estimate of drug-likeness (QED) is 0.825. The van der Waals surface area contributed by atoms with Crippen molar-refractivity contribution >= 4 is 22.9 Å². The maximum Gasteiger partial charge on any atom is 0.253 e. The Labute approximate surface area is 140 Å². The zero-order valence-corrected chi connectivity index (χ0v) is 13.9. The molecular formula is C19H20N2OS. The standard InChI is InChI=1S/C19H20N2OS/c1-2-20-19(22)15-9-4-7-13-12-6-3-8-14(12)18(21-17(13)15)16-10-5-11-23-16/h3-7,9-12,14,18,21H,2,8H2,1H3,(H,20,22). The summed E-state index contributed by atoms with van der Waals surface area (Å²) in [7, 11) is 0. The molecule has 0 spiro atoms. The van der Waals surface area contributed by atoms with Crippen LogP contribution >= 0.6 is 11.3 Å². The largest absolute Gasteiger partial charge is 0.376 e. The van der Waals surface area contributed by atoms with Crippen molar-refractivity contribution < 1.29 is 4.79 Å². The third-order valence-corrected chi connectivity index (χ3v) is 5.78. The van der Waals surface area contributed by atoms with E-state index in [2.05, 4.69) is 46.4 Å². The lowest BCUT2D eigenvalue weighted by atomic mass is 9.78. The number of hydrogen-bond donors (Lipinski definition) is 2. The minimum absolute atomic E-state index is 0.00204. The summed E-state index contributed by atoms with van der Waals surface area (Å²) in [5.41, 5.74) is 3.01. The van der Waals surface area contributed by atoms with Gasteiger partial charge in [-0.15, -0.1) is 11.3 Å². The van der Waals surface area contributed by atoms with Crippen LogP contribution in [0.3, 0.4) is 0 Å².